The molecule has 0 atom stereocenters. The maximum absolute atomic E-state index is 12.1. The van der Waals surface area contributed by atoms with E-state index in [1.54, 1.807) is 23.0 Å². The van der Waals surface area contributed by atoms with Gasteiger partial charge in [0.25, 0.3) is 5.56 Å². The number of amides is 1. The number of thiophene rings is 1. The Balaban J connectivity index is 1.83. The first-order valence-corrected chi connectivity index (χ1v) is 7.12. The molecule has 0 saturated carbocycles. The van der Waals surface area contributed by atoms with Gasteiger partial charge in [0.05, 0.1) is 11.7 Å². The number of nitrogens with zero attached hydrogens (tertiary/aromatic N) is 3. The van der Waals surface area contributed by atoms with Crippen molar-refractivity contribution < 1.29 is 4.79 Å². The summed E-state index contributed by atoms with van der Waals surface area (Å²) in [4.78, 5) is 32.6. The number of rotatable bonds is 3. The molecule has 0 radical (unpaired) electrons. The van der Waals surface area contributed by atoms with Gasteiger partial charge in [0.15, 0.2) is 5.13 Å². The van der Waals surface area contributed by atoms with Crippen LogP contribution in [0.25, 0.3) is 10.2 Å². The van der Waals surface area contributed by atoms with E-state index < -0.39 is 0 Å². The first-order chi connectivity index (χ1) is 9.24. The van der Waals surface area contributed by atoms with Crippen molar-refractivity contribution >= 4 is 43.9 Å². The van der Waals surface area contributed by atoms with Crippen LogP contribution in [0.3, 0.4) is 0 Å². The van der Waals surface area contributed by atoms with Crippen molar-refractivity contribution in [1.29, 1.82) is 0 Å². The second kappa shape index (κ2) is 4.90. The van der Waals surface area contributed by atoms with Crippen LogP contribution in [0, 0.1) is 0 Å². The Morgan fingerprint density at radius 1 is 1.32 bits per heavy atom. The highest BCUT2D eigenvalue weighted by molar-refractivity contribution is 7.16. The summed E-state index contributed by atoms with van der Waals surface area (Å²) in [7, 11) is 0. The van der Waals surface area contributed by atoms with Gasteiger partial charge in [0.1, 0.15) is 11.4 Å². The Hall–Kier alpha value is -2.06. The van der Waals surface area contributed by atoms with E-state index in [1.807, 2.05) is 0 Å². The van der Waals surface area contributed by atoms with Gasteiger partial charge in [0, 0.05) is 11.6 Å². The molecule has 0 bridgehead atoms. The van der Waals surface area contributed by atoms with Crippen LogP contribution in [0.4, 0.5) is 5.13 Å². The predicted octanol–water partition coefficient (Wildman–Crippen LogP) is 1.55. The summed E-state index contributed by atoms with van der Waals surface area (Å²) >= 11 is 2.73. The van der Waals surface area contributed by atoms with Gasteiger partial charge in [-0.1, -0.05) is 0 Å². The molecule has 1 amide bonds. The molecule has 1 N–H and O–H groups in total. The largest absolute Gasteiger partial charge is 0.300 e. The highest BCUT2D eigenvalue weighted by atomic mass is 32.1. The summed E-state index contributed by atoms with van der Waals surface area (Å²) in [6.07, 6.45) is 2.99. The molecule has 3 aromatic heterocycles. The van der Waals surface area contributed by atoms with Gasteiger partial charge in [0.2, 0.25) is 5.91 Å². The number of aromatic nitrogens is 3. The summed E-state index contributed by atoms with van der Waals surface area (Å²) in [5, 5.41) is 7.25. The fourth-order valence-electron chi connectivity index (χ4n) is 1.60. The molecule has 3 rings (SSSR count). The molecule has 0 spiro atoms. The van der Waals surface area contributed by atoms with Crippen molar-refractivity contribution in [2.75, 3.05) is 5.32 Å². The van der Waals surface area contributed by atoms with Gasteiger partial charge < -0.3 is 5.32 Å². The molecule has 3 aromatic rings. The van der Waals surface area contributed by atoms with Crippen LogP contribution < -0.4 is 10.9 Å². The number of fused-ring (bicyclic) bond motifs is 1. The predicted molar refractivity (Wildman–Crippen MR) is 74.6 cm³/mol. The summed E-state index contributed by atoms with van der Waals surface area (Å²) in [6.45, 7) is -0.0722. The van der Waals surface area contributed by atoms with E-state index in [9.17, 15) is 9.59 Å². The molecule has 8 heteroatoms. The highest BCUT2D eigenvalue weighted by Crippen LogP contribution is 2.13. The Kier molecular flexibility index (Phi) is 3.10. The lowest BCUT2D eigenvalue weighted by atomic mass is 10.4. The van der Waals surface area contributed by atoms with Gasteiger partial charge >= 0.3 is 0 Å². The van der Waals surface area contributed by atoms with Crippen molar-refractivity contribution in [3.05, 3.63) is 39.7 Å². The van der Waals surface area contributed by atoms with Crippen molar-refractivity contribution in [3.8, 4) is 0 Å². The van der Waals surface area contributed by atoms with Gasteiger partial charge in [-0.15, -0.1) is 22.7 Å². The van der Waals surface area contributed by atoms with Gasteiger partial charge in [-0.25, -0.2) is 9.97 Å². The average Bonchev–Trinajstić information content (AvgIpc) is 3.03. The number of carbonyl (C=O) groups excluding carboxylic acids is 1. The van der Waals surface area contributed by atoms with Crippen molar-refractivity contribution in [2.24, 2.45) is 0 Å². The minimum absolute atomic E-state index is 0.0722. The fraction of sp³-hybridized carbons (Fsp3) is 0.0909. The smallest absolute Gasteiger partial charge is 0.262 e. The van der Waals surface area contributed by atoms with Crippen molar-refractivity contribution in [3.63, 3.8) is 0 Å². The second-order valence-electron chi connectivity index (χ2n) is 3.70. The standard InChI is InChI=1S/C11H8N4O2S2/c16-8(14-11-12-2-4-19-11)5-15-6-13-9-7(10(15)17)1-3-18-9/h1-4,6H,5H2,(H,12,14,16). The number of nitrogens with one attached hydrogen (secondary N) is 1. The van der Waals surface area contributed by atoms with Gasteiger partial charge in [-0.3, -0.25) is 14.2 Å². The zero-order chi connectivity index (χ0) is 13.2. The van der Waals surface area contributed by atoms with Gasteiger partial charge in [-0.05, 0) is 11.4 Å². The Bertz CT molecular complexity index is 775. The van der Waals surface area contributed by atoms with E-state index in [1.165, 1.54) is 33.6 Å². The van der Waals surface area contributed by atoms with E-state index in [-0.39, 0.29) is 18.0 Å². The van der Waals surface area contributed by atoms with Crippen LogP contribution >= 0.6 is 22.7 Å². The third-order valence-electron chi connectivity index (χ3n) is 2.44. The van der Waals surface area contributed by atoms with E-state index in [2.05, 4.69) is 15.3 Å². The maximum atomic E-state index is 12.1. The van der Waals surface area contributed by atoms with Crippen LogP contribution in [0.1, 0.15) is 0 Å². The molecule has 0 aromatic carbocycles. The number of hydrogen-bond donors (Lipinski definition) is 1. The highest BCUT2D eigenvalue weighted by Gasteiger charge is 2.09. The minimum atomic E-state index is -0.298. The molecule has 0 unspecified atom stereocenters. The minimum Gasteiger partial charge on any atom is -0.300 e. The molecule has 0 aliphatic carbocycles. The maximum Gasteiger partial charge on any atom is 0.262 e. The fourth-order valence-corrected chi connectivity index (χ4v) is 2.87. The third-order valence-corrected chi connectivity index (χ3v) is 3.95. The van der Waals surface area contributed by atoms with E-state index in [4.69, 9.17) is 0 Å². The first-order valence-electron chi connectivity index (χ1n) is 5.36. The second-order valence-corrected chi connectivity index (χ2v) is 5.49. The lowest BCUT2D eigenvalue weighted by molar-refractivity contribution is -0.116. The Morgan fingerprint density at radius 3 is 3.00 bits per heavy atom. The van der Waals surface area contributed by atoms with Crippen molar-refractivity contribution in [1.82, 2.24) is 14.5 Å². The summed E-state index contributed by atoms with van der Waals surface area (Å²) in [5.74, 6) is -0.298. The quantitative estimate of drug-likeness (QED) is 0.794. The molecule has 3 heterocycles. The Labute approximate surface area is 115 Å². The van der Waals surface area contributed by atoms with Crippen LogP contribution in [0.5, 0.6) is 0 Å². The summed E-state index contributed by atoms with van der Waals surface area (Å²) in [6, 6.07) is 1.71. The first kappa shape index (κ1) is 12.0. The SMILES string of the molecule is O=C(Cn1cnc2sccc2c1=O)Nc1nccs1. The number of anilines is 1. The molecule has 19 heavy (non-hydrogen) atoms. The average molecular weight is 292 g/mol. The van der Waals surface area contributed by atoms with E-state index in [0.29, 0.717) is 15.3 Å². The normalized spacial score (nSPS) is 10.7. The van der Waals surface area contributed by atoms with E-state index >= 15 is 0 Å². The summed E-state index contributed by atoms with van der Waals surface area (Å²) < 4.78 is 1.29. The molecule has 6 nitrogen and oxygen atoms in total. The lowest BCUT2D eigenvalue weighted by Gasteiger charge is -2.04. The topological polar surface area (TPSA) is 76.9 Å². The Morgan fingerprint density at radius 2 is 2.21 bits per heavy atom. The monoisotopic (exact) mass is 292 g/mol. The number of hydrogen-bond acceptors (Lipinski definition) is 6. The lowest BCUT2D eigenvalue weighted by Crippen LogP contribution is -2.27. The third kappa shape index (κ3) is 2.40. The molecule has 96 valence electrons. The molecular weight excluding hydrogens is 284 g/mol. The molecule has 0 fully saturated rings. The number of thiazole rings is 1. The molecule has 0 aliphatic rings. The molecule has 0 aliphatic heterocycles. The van der Waals surface area contributed by atoms with E-state index in [0.717, 1.165) is 0 Å². The van der Waals surface area contributed by atoms with Crippen LogP contribution in [0.2, 0.25) is 0 Å². The number of carbonyl (C=O) groups is 1. The van der Waals surface area contributed by atoms with Crippen molar-refractivity contribution in [2.45, 2.75) is 6.54 Å². The zero-order valence-electron chi connectivity index (χ0n) is 9.57. The summed E-state index contributed by atoms with van der Waals surface area (Å²) in [5.41, 5.74) is -0.208. The van der Waals surface area contributed by atoms with Crippen LogP contribution in [0.15, 0.2) is 34.1 Å². The van der Waals surface area contributed by atoms with Crippen LogP contribution in [-0.2, 0) is 11.3 Å². The molecule has 0 saturated heterocycles. The van der Waals surface area contributed by atoms with Crippen LogP contribution in [-0.4, -0.2) is 20.4 Å². The van der Waals surface area contributed by atoms with Gasteiger partial charge in [-0.2, -0.15) is 0 Å². The molecular formula is C11H8N4O2S2. The zero-order valence-corrected chi connectivity index (χ0v) is 11.2.